The first-order valence-electron chi connectivity index (χ1n) is 6.98. The van der Waals surface area contributed by atoms with Crippen molar-refractivity contribution in [3.63, 3.8) is 0 Å². The Labute approximate surface area is 120 Å². The molecule has 0 atom stereocenters. The van der Waals surface area contributed by atoms with E-state index in [9.17, 15) is 4.79 Å². The molecule has 0 radical (unpaired) electrons. The predicted molar refractivity (Wildman–Crippen MR) is 76.5 cm³/mol. The van der Waals surface area contributed by atoms with Gasteiger partial charge in [0.1, 0.15) is 0 Å². The molecule has 0 unspecified atom stereocenters. The van der Waals surface area contributed by atoms with E-state index in [-0.39, 0.29) is 5.78 Å². The maximum absolute atomic E-state index is 12.1. The van der Waals surface area contributed by atoms with Gasteiger partial charge in [-0.25, -0.2) is 0 Å². The van der Waals surface area contributed by atoms with Gasteiger partial charge in [-0.15, -0.1) is 0 Å². The molecule has 0 N–H and O–H groups in total. The van der Waals surface area contributed by atoms with E-state index in [0.717, 1.165) is 32.6 Å². The van der Waals surface area contributed by atoms with Crippen molar-refractivity contribution in [1.82, 2.24) is 4.90 Å². The number of hydrogen-bond donors (Lipinski definition) is 0. The van der Waals surface area contributed by atoms with Gasteiger partial charge in [-0.3, -0.25) is 9.69 Å². The number of carbonyl (C=O) groups excluding carboxylic acids is 1. The number of benzene rings is 1. The molecule has 106 valence electrons. The second kappa shape index (κ2) is 7.18. The summed E-state index contributed by atoms with van der Waals surface area (Å²) >= 11 is 0. The maximum atomic E-state index is 12.1. The van der Waals surface area contributed by atoms with Crippen LogP contribution in [0.4, 0.5) is 0 Å². The van der Waals surface area contributed by atoms with E-state index >= 15 is 0 Å². The van der Waals surface area contributed by atoms with Gasteiger partial charge in [0.2, 0.25) is 0 Å². The van der Waals surface area contributed by atoms with Gasteiger partial charge in [0.15, 0.2) is 5.78 Å². The second-order valence-corrected chi connectivity index (χ2v) is 5.36. The number of hydrogen-bond acceptors (Lipinski definition) is 4. The van der Waals surface area contributed by atoms with E-state index in [1.54, 1.807) is 24.3 Å². The second-order valence-electron chi connectivity index (χ2n) is 5.36. The molecule has 4 heteroatoms. The first-order valence-corrected chi connectivity index (χ1v) is 6.98. The maximum Gasteiger partial charge on any atom is 0.176 e. The highest BCUT2D eigenvalue weighted by Gasteiger charge is 2.17. The molecular formula is C16H20N2O2. The fraction of sp³-hybridized carbons (Fsp3) is 0.500. The number of carbonyl (C=O) groups is 1. The first kappa shape index (κ1) is 14.7. The third kappa shape index (κ3) is 4.16. The minimum absolute atomic E-state index is 0.101. The minimum Gasteiger partial charge on any atom is -0.381 e. The number of Topliss-reactive ketones (excluding diaryl/α,β-unsaturated/α-hetero) is 1. The molecule has 0 aromatic heterocycles. The van der Waals surface area contributed by atoms with Crippen molar-refractivity contribution in [3.05, 3.63) is 35.4 Å². The van der Waals surface area contributed by atoms with E-state index < -0.39 is 0 Å². The molecule has 0 spiro atoms. The van der Waals surface area contributed by atoms with Crippen molar-refractivity contribution in [3.8, 4) is 6.07 Å². The lowest BCUT2D eigenvalue weighted by atomic mass is 9.99. The van der Waals surface area contributed by atoms with Gasteiger partial charge in [0.25, 0.3) is 0 Å². The van der Waals surface area contributed by atoms with Crippen LogP contribution in [0.1, 0.15) is 28.8 Å². The largest absolute Gasteiger partial charge is 0.381 e. The Hall–Kier alpha value is -1.70. The summed E-state index contributed by atoms with van der Waals surface area (Å²) in [5.41, 5.74) is 1.25. The number of nitriles is 1. The monoisotopic (exact) mass is 272 g/mol. The van der Waals surface area contributed by atoms with Crippen LogP contribution in [0.5, 0.6) is 0 Å². The molecule has 0 amide bonds. The van der Waals surface area contributed by atoms with E-state index in [0.29, 0.717) is 23.6 Å². The van der Waals surface area contributed by atoms with Crippen LogP contribution in [-0.2, 0) is 4.74 Å². The van der Waals surface area contributed by atoms with Gasteiger partial charge in [0, 0.05) is 25.3 Å². The fourth-order valence-corrected chi connectivity index (χ4v) is 2.50. The predicted octanol–water partition coefficient (Wildman–Crippen LogP) is 2.10. The van der Waals surface area contributed by atoms with E-state index in [1.165, 1.54) is 0 Å². The molecule has 0 bridgehead atoms. The van der Waals surface area contributed by atoms with Crippen LogP contribution in [-0.4, -0.2) is 44.0 Å². The van der Waals surface area contributed by atoms with E-state index in [2.05, 4.69) is 11.0 Å². The van der Waals surface area contributed by atoms with E-state index in [4.69, 9.17) is 10.00 Å². The molecule has 0 aliphatic carbocycles. The topological polar surface area (TPSA) is 53.3 Å². The van der Waals surface area contributed by atoms with Crippen molar-refractivity contribution >= 4 is 5.78 Å². The standard InChI is InChI=1S/C16H20N2O2/c1-18(11-14-6-8-20-9-7-14)12-16(19)15-4-2-13(10-17)3-5-15/h2-5,14H,6-9,11-12H2,1H3. The lowest BCUT2D eigenvalue weighted by Crippen LogP contribution is -2.33. The molecule has 1 fully saturated rings. The quantitative estimate of drug-likeness (QED) is 0.770. The van der Waals surface area contributed by atoms with Gasteiger partial charge in [0.05, 0.1) is 18.2 Å². The van der Waals surface area contributed by atoms with Crippen LogP contribution in [0, 0.1) is 17.2 Å². The first-order chi connectivity index (χ1) is 9.69. The molecule has 2 rings (SSSR count). The summed E-state index contributed by atoms with van der Waals surface area (Å²) in [6.45, 7) is 3.03. The SMILES string of the molecule is CN(CC(=O)c1ccc(C#N)cc1)CC1CCOCC1. The Balaban J connectivity index is 1.84. The van der Waals surface area contributed by atoms with Gasteiger partial charge in [-0.2, -0.15) is 5.26 Å². The molecule has 1 aromatic carbocycles. The Morgan fingerprint density at radius 2 is 2.00 bits per heavy atom. The zero-order chi connectivity index (χ0) is 14.4. The minimum atomic E-state index is 0.101. The molecule has 20 heavy (non-hydrogen) atoms. The average molecular weight is 272 g/mol. The van der Waals surface area contributed by atoms with Crippen molar-refractivity contribution < 1.29 is 9.53 Å². The van der Waals surface area contributed by atoms with Crippen LogP contribution in [0.15, 0.2) is 24.3 Å². The summed E-state index contributed by atoms with van der Waals surface area (Å²) < 4.78 is 5.34. The molecule has 1 aliphatic rings. The van der Waals surface area contributed by atoms with Crippen LogP contribution < -0.4 is 0 Å². The highest BCUT2D eigenvalue weighted by molar-refractivity contribution is 5.97. The number of rotatable bonds is 5. The Morgan fingerprint density at radius 1 is 1.35 bits per heavy atom. The number of nitrogens with zero attached hydrogens (tertiary/aromatic N) is 2. The smallest absolute Gasteiger partial charge is 0.176 e. The van der Waals surface area contributed by atoms with Crippen molar-refractivity contribution in [2.45, 2.75) is 12.8 Å². The third-order valence-electron chi connectivity index (χ3n) is 3.66. The molecule has 4 nitrogen and oxygen atoms in total. The van der Waals surface area contributed by atoms with Crippen LogP contribution in [0.25, 0.3) is 0 Å². The number of likely N-dealkylation sites (N-methyl/N-ethyl adjacent to an activating group) is 1. The molecule has 1 aromatic rings. The molecule has 1 aliphatic heterocycles. The van der Waals surface area contributed by atoms with Gasteiger partial charge < -0.3 is 4.74 Å². The summed E-state index contributed by atoms with van der Waals surface area (Å²) in [4.78, 5) is 14.2. The molecular weight excluding hydrogens is 252 g/mol. The summed E-state index contributed by atoms with van der Waals surface area (Å²) in [7, 11) is 1.98. The van der Waals surface area contributed by atoms with Gasteiger partial charge >= 0.3 is 0 Å². The fourth-order valence-electron chi connectivity index (χ4n) is 2.50. The summed E-state index contributed by atoms with van der Waals surface area (Å²) in [5, 5.41) is 8.74. The van der Waals surface area contributed by atoms with Gasteiger partial charge in [-0.1, -0.05) is 12.1 Å². The normalized spacial score (nSPS) is 16.1. The summed E-state index contributed by atoms with van der Waals surface area (Å²) in [6, 6.07) is 8.88. The molecule has 1 saturated heterocycles. The van der Waals surface area contributed by atoms with Crippen LogP contribution in [0.2, 0.25) is 0 Å². The Bertz CT molecular complexity index is 484. The molecule has 1 heterocycles. The van der Waals surface area contributed by atoms with Crippen molar-refractivity contribution in [1.29, 1.82) is 5.26 Å². The highest BCUT2D eigenvalue weighted by atomic mass is 16.5. The molecule has 0 saturated carbocycles. The van der Waals surface area contributed by atoms with Crippen LogP contribution >= 0.6 is 0 Å². The van der Waals surface area contributed by atoms with E-state index in [1.807, 2.05) is 7.05 Å². The van der Waals surface area contributed by atoms with Gasteiger partial charge in [-0.05, 0) is 37.9 Å². The lowest BCUT2D eigenvalue weighted by molar-refractivity contribution is 0.0549. The van der Waals surface area contributed by atoms with Crippen LogP contribution in [0.3, 0.4) is 0 Å². The Kier molecular flexibility index (Phi) is 5.28. The highest BCUT2D eigenvalue weighted by Crippen LogP contribution is 2.15. The number of ketones is 1. The summed E-state index contributed by atoms with van der Waals surface area (Å²) in [5.74, 6) is 0.728. The zero-order valence-corrected chi connectivity index (χ0v) is 11.8. The summed E-state index contributed by atoms with van der Waals surface area (Å²) in [6.07, 6.45) is 2.16. The average Bonchev–Trinajstić information content (AvgIpc) is 2.48. The third-order valence-corrected chi connectivity index (χ3v) is 3.66. The number of ether oxygens (including phenoxy) is 1. The zero-order valence-electron chi connectivity index (χ0n) is 11.8. The van der Waals surface area contributed by atoms with Crippen molar-refractivity contribution in [2.75, 3.05) is 33.4 Å². The Morgan fingerprint density at radius 3 is 2.60 bits per heavy atom. The van der Waals surface area contributed by atoms with Crippen molar-refractivity contribution in [2.24, 2.45) is 5.92 Å². The lowest BCUT2D eigenvalue weighted by Gasteiger charge is -2.26.